The van der Waals surface area contributed by atoms with Gasteiger partial charge in [0.1, 0.15) is 5.82 Å². The van der Waals surface area contributed by atoms with Crippen molar-refractivity contribution in [1.29, 1.82) is 0 Å². The topological polar surface area (TPSA) is 42.7 Å². The van der Waals surface area contributed by atoms with Crippen LogP contribution in [0.5, 0.6) is 0 Å². The number of likely N-dealkylation sites (N-methyl/N-ethyl adjacent to an activating group) is 1. The van der Waals surface area contributed by atoms with Gasteiger partial charge in [-0.15, -0.1) is 0 Å². The Morgan fingerprint density at radius 3 is 2.89 bits per heavy atom. The van der Waals surface area contributed by atoms with Crippen LogP contribution < -0.4 is 5.32 Å². The Kier molecular flexibility index (Phi) is 4.47. The van der Waals surface area contributed by atoms with Crippen molar-refractivity contribution < 1.29 is 0 Å². The number of hydrogen-bond acceptors (Lipinski definition) is 3. The van der Waals surface area contributed by atoms with Crippen molar-refractivity contribution in [2.75, 3.05) is 6.54 Å². The molecule has 0 saturated heterocycles. The lowest BCUT2D eigenvalue weighted by molar-refractivity contribution is 0.521. The number of pyridine rings is 1. The minimum Gasteiger partial charge on any atom is -0.335 e. The van der Waals surface area contributed by atoms with Gasteiger partial charge in [0.2, 0.25) is 0 Å². The summed E-state index contributed by atoms with van der Waals surface area (Å²) in [7, 11) is 0. The number of nitrogens with zero attached hydrogens (tertiary/aromatic N) is 3. The molecule has 0 fully saturated rings. The van der Waals surface area contributed by atoms with Gasteiger partial charge in [-0.3, -0.25) is 4.98 Å². The molecule has 2 heterocycles. The van der Waals surface area contributed by atoms with Crippen molar-refractivity contribution in [2.24, 2.45) is 0 Å². The van der Waals surface area contributed by atoms with E-state index in [0.717, 1.165) is 25.3 Å². The molecule has 0 aliphatic heterocycles. The maximum Gasteiger partial charge on any atom is 0.110 e. The van der Waals surface area contributed by atoms with E-state index in [-0.39, 0.29) is 6.04 Å². The molecule has 2 aromatic rings. The predicted octanol–water partition coefficient (Wildman–Crippen LogP) is 2.19. The molecular weight excluding hydrogens is 224 g/mol. The van der Waals surface area contributed by atoms with E-state index in [1.807, 2.05) is 24.7 Å². The summed E-state index contributed by atoms with van der Waals surface area (Å²) in [6.45, 7) is 6.15. The first-order valence-corrected chi connectivity index (χ1v) is 6.48. The summed E-state index contributed by atoms with van der Waals surface area (Å²) in [5, 5.41) is 3.50. The summed E-state index contributed by atoms with van der Waals surface area (Å²) in [5.74, 6) is 1.12. The third kappa shape index (κ3) is 2.96. The normalized spacial score (nSPS) is 12.6. The molecule has 18 heavy (non-hydrogen) atoms. The maximum absolute atomic E-state index is 4.44. The van der Waals surface area contributed by atoms with Crippen LogP contribution in [0.1, 0.15) is 31.3 Å². The standard InChI is InChI=1S/C14H20N4/c1-3-16-13(12-6-5-7-15-11-12)10-14-17-8-9-18(14)4-2/h5-9,11,13,16H,3-4,10H2,1-2H3. The van der Waals surface area contributed by atoms with E-state index >= 15 is 0 Å². The minimum absolute atomic E-state index is 0.274. The van der Waals surface area contributed by atoms with Gasteiger partial charge in [-0.2, -0.15) is 0 Å². The molecular formula is C14H20N4. The summed E-state index contributed by atoms with van der Waals surface area (Å²) in [5.41, 5.74) is 1.21. The van der Waals surface area contributed by atoms with Crippen LogP contribution >= 0.6 is 0 Å². The predicted molar refractivity (Wildman–Crippen MR) is 72.3 cm³/mol. The van der Waals surface area contributed by atoms with Crippen molar-refractivity contribution >= 4 is 0 Å². The molecule has 0 aliphatic rings. The molecule has 4 heteroatoms. The van der Waals surface area contributed by atoms with Crippen molar-refractivity contribution in [2.45, 2.75) is 32.9 Å². The SMILES string of the molecule is CCNC(Cc1nccn1CC)c1cccnc1. The second-order valence-corrected chi connectivity index (χ2v) is 4.23. The summed E-state index contributed by atoms with van der Waals surface area (Å²) in [6, 6.07) is 4.36. The second kappa shape index (κ2) is 6.31. The fourth-order valence-corrected chi connectivity index (χ4v) is 2.14. The molecule has 0 aliphatic carbocycles. The zero-order valence-electron chi connectivity index (χ0n) is 11.0. The molecule has 1 unspecified atom stereocenters. The Balaban J connectivity index is 2.16. The van der Waals surface area contributed by atoms with Gasteiger partial charge in [0.15, 0.2) is 0 Å². The number of aromatic nitrogens is 3. The Hall–Kier alpha value is -1.68. The highest BCUT2D eigenvalue weighted by atomic mass is 15.1. The van der Waals surface area contributed by atoms with Crippen LogP contribution in [0.25, 0.3) is 0 Å². The van der Waals surface area contributed by atoms with Crippen LogP contribution in [0.4, 0.5) is 0 Å². The van der Waals surface area contributed by atoms with E-state index in [1.165, 1.54) is 5.56 Å². The molecule has 0 radical (unpaired) electrons. The van der Waals surface area contributed by atoms with Crippen LogP contribution in [0.15, 0.2) is 36.9 Å². The van der Waals surface area contributed by atoms with Gasteiger partial charge in [-0.25, -0.2) is 4.98 Å². The molecule has 2 rings (SSSR count). The van der Waals surface area contributed by atoms with Crippen LogP contribution in [-0.2, 0) is 13.0 Å². The van der Waals surface area contributed by atoms with E-state index in [0.29, 0.717) is 0 Å². The zero-order valence-corrected chi connectivity index (χ0v) is 11.0. The summed E-state index contributed by atoms with van der Waals surface area (Å²) in [4.78, 5) is 8.63. The number of rotatable bonds is 6. The third-order valence-electron chi connectivity index (χ3n) is 3.07. The highest BCUT2D eigenvalue weighted by molar-refractivity contribution is 5.16. The highest BCUT2D eigenvalue weighted by Crippen LogP contribution is 2.16. The molecule has 1 atom stereocenters. The van der Waals surface area contributed by atoms with Crippen molar-refractivity contribution in [3.05, 3.63) is 48.3 Å². The average molecular weight is 244 g/mol. The summed E-state index contributed by atoms with van der Waals surface area (Å²) >= 11 is 0. The van der Waals surface area contributed by atoms with E-state index < -0.39 is 0 Å². The molecule has 96 valence electrons. The van der Waals surface area contributed by atoms with E-state index in [4.69, 9.17) is 0 Å². The fraction of sp³-hybridized carbons (Fsp3) is 0.429. The van der Waals surface area contributed by atoms with Crippen molar-refractivity contribution in [3.8, 4) is 0 Å². The molecule has 0 saturated carbocycles. The van der Waals surface area contributed by atoms with Crippen molar-refractivity contribution in [3.63, 3.8) is 0 Å². The Morgan fingerprint density at radius 1 is 1.33 bits per heavy atom. The maximum atomic E-state index is 4.44. The first-order valence-electron chi connectivity index (χ1n) is 6.48. The molecule has 0 bridgehead atoms. The lowest BCUT2D eigenvalue weighted by atomic mass is 10.1. The number of imidazole rings is 1. The van der Waals surface area contributed by atoms with Gasteiger partial charge in [0, 0.05) is 43.8 Å². The first kappa shape index (κ1) is 12.8. The summed E-state index contributed by atoms with van der Waals surface area (Å²) < 4.78 is 2.18. The average Bonchev–Trinajstić information content (AvgIpc) is 2.86. The first-order chi connectivity index (χ1) is 8.85. The molecule has 0 spiro atoms. The quantitative estimate of drug-likeness (QED) is 0.847. The van der Waals surface area contributed by atoms with Crippen LogP contribution in [0, 0.1) is 0 Å². The molecule has 0 amide bonds. The van der Waals surface area contributed by atoms with E-state index in [2.05, 4.69) is 39.8 Å². The van der Waals surface area contributed by atoms with E-state index in [1.54, 1.807) is 6.20 Å². The Bertz CT molecular complexity index is 464. The van der Waals surface area contributed by atoms with Gasteiger partial charge < -0.3 is 9.88 Å². The molecule has 0 aromatic carbocycles. The Labute approximate surface area is 108 Å². The molecule has 1 N–H and O–H groups in total. The largest absolute Gasteiger partial charge is 0.335 e. The van der Waals surface area contributed by atoms with Crippen molar-refractivity contribution in [1.82, 2.24) is 19.9 Å². The number of nitrogens with one attached hydrogen (secondary N) is 1. The Morgan fingerprint density at radius 2 is 2.22 bits per heavy atom. The second-order valence-electron chi connectivity index (χ2n) is 4.23. The number of aryl methyl sites for hydroxylation is 1. The lowest BCUT2D eigenvalue weighted by Crippen LogP contribution is -2.24. The highest BCUT2D eigenvalue weighted by Gasteiger charge is 2.13. The summed E-state index contributed by atoms with van der Waals surface area (Å²) in [6.07, 6.45) is 8.51. The third-order valence-corrected chi connectivity index (χ3v) is 3.07. The van der Waals surface area contributed by atoms with Gasteiger partial charge in [0.05, 0.1) is 0 Å². The van der Waals surface area contributed by atoms with Crippen LogP contribution in [0.2, 0.25) is 0 Å². The monoisotopic (exact) mass is 244 g/mol. The zero-order chi connectivity index (χ0) is 12.8. The minimum atomic E-state index is 0.274. The lowest BCUT2D eigenvalue weighted by Gasteiger charge is -2.18. The van der Waals surface area contributed by atoms with Gasteiger partial charge in [0.25, 0.3) is 0 Å². The fourth-order valence-electron chi connectivity index (χ4n) is 2.14. The van der Waals surface area contributed by atoms with Gasteiger partial charge >= 0.3 is 0 Å². The van der Waals surface area contributed by atoms with Crippen LogP contribution in [-0.4, -0.2) is 21.1 Å². The number of hydrogen-bond donors (Lipinski definition) is 1. The smallest absolute Gasteiger partial charge is 0.110 e. The van der Waals surface area contributed by atoms with E-state index in [9.17, 15) is 0 Å². The molecule has 2 aromatic heterocycles. The molecule has 4 nitrogen and oxygen atoms in total. The van der Waals surface area contributed by atoms with Crippen LogP contribution in [0.3, 0.4) is 0 Å². The van der Waals surface area contributed by atoms with Gasteiger partial charge in [-0.05, 0) is 25.1 Å². The van der Waals surface area contributed by atoms with Gasteiger partial charge in [-0.1, -0.05) is 13.0 Å².